The zero-order valence-electron chi connectivity index (χ0n) is 14.1. The summed E-state index contributed by atoms with van der Waals surface area (Å²) in [5.41, 5.74) is 1.15. The van der Waals surface area contributed by atoms with Crippen molar-refractivity contribution in [2.45, 2.75) is 12.5 Å². The Balaban J connectivity index is 1.30. The van der Waals surface area contributed by atoms with Gasteiger partial charge in [-0.15, -0.1) is 0 Å². The van der Waals surface area contributed by atoms with E-state index in [1.807, 2.05) is 41.3 Å². The molecule has 2 aliphatic heterocycles. The first-order valence-electron chi connectivity index (χ1n) is 8.72. The van der Waals surface area contributed by atoms with Gasteiger partial charge in [-0.2, -0.15) is 0 Å². The SMILES string of the molecule is O=C(N[C@H]1COc2ccccc2C1)N1CCN(c2ccccn2)CC1. The Bertz CT molecular complexity index is 729. The average Bonchev–Trinajstić information content (AvgIpc) is 2.69. The molecule has 0 saturated carbocycles. The van der Waals surface area contributed by atoms with Crippen molar-refractivity contribution < 1.29 is 9.53 Å². The van der Waals surface area contributed by atoms with Crippen molar-refractivity contribution in [3.05, 3.63) is 54.2 Å². The van der Waals surface area contributed by atoms with E-state index in [4.69, 9.17) is 4.74 Å². The molecular weight excluding hydrogens is 316 g/mol. The minimum Gasteiger partial charge on any atom is -0.491 e. The van der Waals surface area contributed by atoms with Gasteiger partial charge in [0.25, 0.3) is 0 Å². The van der Waals surface area contributed by atoms with Crippen LogP contribution in [-0.2, 0) is 6.42 Å². The highest BCUT2D eigenvalue weighted by Gasteiger charge is 2.26. The number of para-hydroxylation sites is 1. The molecule has 1 N–H and O–H groups in total. The minimum absolute atomic E-state index is 0.00588. The maximum Gasteiger partial charge on any atom is 0.317 e. The van der Waals surface area contributed by atoms with Gasteiger partial charge in [0.2, 0.25) is 0 Å². The van der Waals surface area contributed by atoms with Crippen LogP contribution in [0.2, 0.25) is 0 Å². The van der Waals surface area contributed by atoms with Gasteiger partial charge >= 0.3 is 6.03 Å². The van der Waals surface area contributed by atoms with Gasteiger partial charge in [0, 0.05) is 32.4 Å². The van der Waals surface area contributed by atoms with Gasteiger partial charge in [0.15, 0.2) is 0 Å². The van der Waals surface area contributed by atoms with E-state index < -0.39 is 0 Å². The lowest BCUT2D eigenvalue weighted by Gasteiger charge is -2.36. The van der Waals surface area contributed by atoms with E-state index in [-0.39, 0.29) is 12.1 Å². The highest BCUT2D eigenvalue weighted by atomic mass is 16.5. The van der Waals surface area contributed by atoms with E-state index in [0.717, 1.165) is 36.6 Å². The Kier molecular flexibility index (Phi) is 4.41. The Morgan fingerprint density at radius 3 is 2.68 bits per heavy atom. The van der Waals surface area contributed by atoms with Crippen LogP contribution in [0, 0.1) is 0 Å². The van der Waals surface area contributed by atoms with Crippen LogP contribution in [-0.4, -0.2) is 54.7 Å². The fraction of sp³-hybridized carbons (Fsp3) is 0.368. The average molecular weight is 338 g/mol. The minimum atomic E-state index is -0.00588. The molecule has 2 aromatic rings. The number of fused-ring (bicyclic) bond motifs is 1. The van der Waals surface area contributed by atoms with Gasteiger partial charge in [-0.25, -0.2) is 9.78 Å². The first kappa shape index (κ1) is 15.7. The maximum atomic E-state index is 12.5. The first-order valence-corrected chi connectivity index (χ1v) is 8.72. The number of anilines is 1. The summed E-state index contributed by atoms with van der Waals surface area (Å²) < 4.78 is 5.75. The Hall–Kier alpha value is -2.76. The topological polar surface area (TPSA) is 57.7 Å². The summed E-state index contributed by atoms with van der Waals surface area (Å²) in [4.78, 5) is 21.0. The number of carbonyl (C=O) groups is 1. The number of nitrogens with zero attached hydrogens (tertiary/aromatic N) is 3. The molecule has 1 fully saturated rings. The summed E-state index contributed by atoms with van der Waals surface area (Å²) in [6.07, 6.45) is 2.62. The number of urea groups is 1. The summed E-state index contributed by atoms with van der Waals surface area (Å²) in [5.74, 6) is 1.90. The second-order valence-electron chi connectivity index (χ2n) is 6.43. The Labute approximate surface area is 147 Å². The van der Waals surface area contributed by atoms with Gasteiger partial charge < -0.3 is 19.9 Å². The molecule has 0 bridgehead atoms. The molecule has 0 spiro atoms. The molecule has 1 aromatic carbocycles. The van der Waals surface area contributed by atoms with Crippen molar-refractivity contribution in [3.8, 4) is 5.75 Å². The van der Waals surface area contributed by atoms with Gasteiger partial charge in [-0.1, -0.05) is 24.3 Å². The number of pyridine rings is 1. The van der Waals surface area contributed by atoms with Crippen LogP contribution in [0.15, 0.2) is 48.7 Å². The van der Waals surface area contributed by atoms with Crippen LogP contribution in [0.1, 0.15) is 5.56 Å². The van der Waals surface area contributed by atoms with Gasteiger partial charge in [-0.3, -0.25) is 0 Å². The van der Waals surface area contributed by atoms with E-state index >= 15 is 0 Å². The summed E-state index contributed by atoms with van der Waals surface area (Å²) in [7, 11) is 0. The van der Waals surface area contributed by atoms with Crippen molar-refractivity contribution in [1.29, 1.82) is 0 Å². The molecule has 3 heterocycles. The highest BCUT2D eigenvalue weighted by molar-refractivity contribution is 5.75. The van der Waals surface area contributed by atoms with Crippen LogP contribution < -0.4 is 15.0 Å². The summed E-state index contributed by atoms with van der Waals surface area (Å²) in [6, 6.07) is 13.9. The molecule has 2 aliphatic rings. The number of benzene rings is 1. The molecule has 2 amide bonds. The lowest BCUT2D eigenvalue weighted by atomic mass is 10.0. The number of carbonyl (C=O) groups excluding carboxylic acids is 1. The smallest absolute Gasteiger partial charge is 0.317 e. The van der Waals surface area contributed by atoms with Crippen molar-refractivity contribution >= 4 is 11.8 Å². The third-order valence-electron chi connectivity index (χ3n) is 4.75. The van der Waals surface area contributed by atoms with E-state index in [2.05, 4.69) is 21.3 Å². The van der Waals surface area contributed by atoms with E-state index in [0.29, 0.717) is 19.7 Å². The summed E-state index contributed by atoms with van der Waals surface area (Å²) in [6.45, 7) is 3.53. The summed E-state index contributed by atoms with van der Waals surface area (Å²) >= 11 is 0. The fourth-order valence-corrected chi connectivity index (χ4v) is 3.37. The molecule has 130 valence electrons. The highest BCUT2D eigenvalue weighted by Crippen LogP contribution is 2.24. The number of aromatic nitrogens is 1. The molecule has 6 nitrogen and oxygen atoms in total. The Morgan fingerprint density at radius 1 is 1.08 bits per heavy atom. The Morgan fingerprint density at radius 2 is 1.88 bits per heavy atom. The van der Waals surface area contributed by atoms with Crippen LogP contribution in [0.5, 0.6) is 5.75 Å². The maximum absolute atomic E-state index is 12.5. The number of amides is 2. The molecule has 0 radical (unpaired) electrons. The largest absolute Gasteiger partial charge is 0.491 e. The molecular formula is C19H22N4O2. The van der Waals surface area contributed by atoms with Gasteiger partial charge in [0.05, 0.1) is 6.04 Å². The van der Waals surface area contributed by atoms with Crippen LogP contribution in [0.3, 0.4) is 0 Å². The lowest BCUT2D eigenvalue weighted by molar-refractivity contribution is 0.178. The molecule has 1 atom stereocenters. The molecule has 1 saturated heterocycles. The van der Waals surface area contributed by atoms with Crippen molar-refractivity contribution in [2.24, 2.45) is 0 Å². The van der Waals surface area contributed by atoms with Crippen molar-refractivity contribution in [2.75, 3.05) is 37.7 Å². The van der Waals surface area contributed by atoms with Gasteiger partial charge in [0.1, 0.15) is 18.2 Å². The number of piperazine rings is 1. The number of nitrogens with one attached hydrogen (secondary N) is 1. The molecule has 0 unspecified atom stereocenters. The molecule has 6 heteroatoms. The number of hydrogen-bond acceptors (Lipinski definition) is 4. The van der Waals surface area contributed by atoms with E-state index in [1.165, 1.54) is 0 Å². The lowest BCUT2D eigenvalue weighted by Crippen LogP contribution is -2.55. The standard InChI is InChI=1S/C19H22N4O2/c24-19(21-16-13-15-5-1-2-6-17(15)25-14-16)23-11-9-22(10-12-23)18-7-3-4-8-20-18/h1-8,16H,9-14H2,(H,21,24)/t16-/m1/s1. The second-order valence-corrected chi connectivity index (χ2v) is 6.43. The summed E-state index contributed by atoms with van der Waals surface area (Å²) in [5, 5.41) is 3.11. The predicted molar refractivity (Wildman–Crippen MR) is 96.0 cm³/mol. The molecule has 0 aliphatic carbocycles. The van der Waals surface area contributed by atoms with Crippen LogP contribution in [0.25, 0.3) is 0 Å². The molecule has 25 heavy (non-hydrogen) atoms. The van der Waals surface area contributed by atoms with E-state index in [1.54, 1.807) is 6.20 Å². The van der Waals surface area contributed by atoms with Gasteiger partial charge in [-0.05, 0) is 30.2 Å². The monoisotopic (exact) mass is 338 g/mol. The number of ether oxygens (including phenoxy) is 1. The number of hydrogen-bond donors (Lipinski definition) is 1. The molecule has 4 rings (SSSR count). The zero-order chi connectivity index (χ0) is 17.1. The normalized spacial score (nSPS) is 19.8. The van der Waals surface area contributed by atoms with Crippen molar-refractivity contribution in [1.82, 2.24) is 15.2 Å². The second kappa shape index (κ2) is 7.01. The quantitative estimate of drug-likeness (QED) is 0.909. The van der Waals surface area contributed by atoms with Crippen molar-refractivity contribution in [3.63, 3.8) is 0 Å². The van der Waals surface area contributed by atoms with Crippen LogP contribution >= 0.6 is 0 Å². The van der Waals surface area contributed by atoms with E-state index in [9.17, 15) is 4.79 Å². The third-order valence-corrected chi connectivity index (χ3v) is 4.75. The zero-order valence-corrected chi connectivity index (χ0v) is 14.1. The predicted octanol–water partition coefficient (Wildman–Crippen LogP) is 1.92. The third kappa shape index (κ3) is 3.52. The van der Waals surface area contributed by atoms with Crippen LogP contribution in [0.4, 0.5) is 10.6 Å². The fourth-order valence-electron chi connectivity index (χ4n) is 3.37. The first-order chi connectivity index (χ1) is 12.3. The molecule has 1 aromatic heterocycles. The number of rotatable bonds is 2.